The number of fused-ring (bicyclic) bond motifs is 2. The van der Waals surface area contributed by atoms with E-state index in [0.717, 1.165) is 11.1 Å². The number of aliphatic hydroxyl groups is 4. The van der Waals surface area contributed by atoms with Crippen LogP contribution in [-0.2, 0) is 12.3 Å². The van der Waals surface area contributed by atoms with Gasteiger partial charge in [-0.1, -0.05) is 6.92 Å². The van der Waals surface area contributed by atoms with Crippen molar-refractivity contribution in [2.24, 2.45) is 11.5 Å². The molecular weight excluding hydrogens is 420 g/mol. The molecule has 0 amide bonds. The molecule has 0 fully saturated rings. The average Bonchev–Trinajstić information content (AvgIpc) is 2.74. The van der Waals surface area contributed by atoms with Crippen LogP contribution in [0.2, 0.25) is 0 Å². The van der Waals surface area contributed by atoms with Crippen molar-refractivity contribution in [3.63, 3.8) is 0 Å². The van der Waals surface area contributed by atoms with Gasteiger partial charge in [0.2, 0.25) is 0 Å². The number of aryl methyl sites for hydroxylation is 2. The molecule has 2 heterocycles. The number of benzene rings is 1. The highest BCUT2D eigenvalue weighted by atomic mass is 16.4. The number of nitrogens with two attached hydrogens (primary N) is 2. The normalized spacial score (nSPS) is 15.3. The van der Waals surface area contributed by atoms with E-state index in [9.17, 15) is 24.9 Å². The molecule has 0 aliphatic carbocycles. The Bertz CT molecular complexity index is 1240. The van der Waals surface area contributed by atoms with E-state index < -0.39 is 42.0 Å². The van der Waals surface area contributed by atoms with Gasteiger partial charge in [0, 0.05) is 0 Å². The molecule has 174 valence electrons. The summed E-state index contributed by atoms with van der Waals surface area (Å²) in [6, 6.07) is 3.48. The van der Waals surface area contributed by atoms with Crippen molar-refractivity contribution in [2.45, 2.75) is 57.8 Å². The lowest BCUT2D eigenvalue weighted by Crippen LogP contribution is -2.61. The fourth-order valence-electron chi connectivity index (χ4n) is 3.46. The quantitative estimate of drug-likeness (QED) is 0.168. The van der Waals surface area contributed by atoms with Gasteiger partial charge in [0.05, 0.1) is 24.2 Å². The molecule has 3 rings (SSSR count). The predicted octanol–water partition coefficient (Wildman–Crippen LogP) is -2.31. The maximum Gasteiger partial charge on any atom is 0.355 e. The molecule has 12 heteroatoms. The molecule has 0 aromatic heterocycles. The van der Waals surface area contributed by atoms with Crippen LogP contribution in [0.4, 0.5) is 0 Å². The molecule has 0 saturated heterocycles. The lowest BCUT2D eigenvalue weighted by Gasteiger charge is -2.27. The van der Waals surface area contributed by atoms with Crippen molar-refractivity contribution >= 4 is 11.0 Å². The van der Waals surface area contributed by atoms with Crippen molar-refractivity contribution in [1.82, 2.24) is 19.1 Å². The second-order valence-corrected chi connectivity index (χ2v) is 8.01. The van der Waals surface area contributed by atoms with Crippen LogP contribution in [0.15, 0.2) is 21.7 Å². The maximum atomic E-state index is 13.2. The van der Waals surface area contributed by atoms with Gasteiger partial charge in [0.25, 0.3) is 5.56 Å². The first-order valence-corrected chi connectivity index (χ1v) is 10.1. The zero-order chi connectivity index (χ0) is 24.0. The van der Waals surface area contributed by atoms with Crippen LogP contribution in [0.3, 0.4) is 0 Å². The molecular formula is C20H28N6O6. The SMILES string of the molecule is CCC(N)(N)n1c(=O)nc2n(CC(O)C(O)C(O)CO)c3cc(C)c(C)cc3nc-2c1=O. The smallest absolute Gasteiger partial charge is 0.355 e. The summed E-state index contributed by atoms with van der Waals surface area (Å²) >= 11 is 0. The second-order valence-electron chi connectivity index (χ2n) is 8.01. The standard InChI is InChI=1S/C20H28N6O6/c1-4-20(21,22)26-18(31)15-17(24-19(26)32)25(7-13(28)16(30)14(29)8-27)12-6-10(3)9(2)5-11(12)23-15/h5-6,13-14,16,27-30H,4,7-8,21-22H2,1-3H3. The van der Waals surface area contributed by atoms with Crippen molar-refractivity contribution < 1.29 is 20.4 Å². The summed E-state index contributed by atoms with van der Waals surface area (Å²) in [5.74, 6) is -1.91. The summed E-state index contributed by atoms with van der Waals surface area (Å²) in [4.78, 5) is 34.3. The topological polar surface area (TPSA) is 203 Å². The molecule has 0 saturated carbocycles. The highest BCUT2D eigenvalue weighted by molar-refractivity contribution is 5.81. The first kappa shape index (κ1) is 23.9. The monoisotopic (exact) mass is 448 g/mol. The van der Waals surface area contributed by atoms with Gasteiger partial charge in [-0.05, 0) is 43.5 Å². The summed E-state index contributed by atoms with van der Waals surface area (Å²) in [6.45, 7) is 4.21. The molecule has 1 aromatic rings. The van der Waals surface area contributed by atoms with Crippen LogP contribution < -0.4 is 22.7 Å². The van der Waals surface area contributed by atoms with E-state index in [2.05, 4.69) is 9.97 Å². The Kier molecular flexibility index (Phi) is 6.47. The Balaban J connectivity index is 2.37. The van der Waals surface area contributed by atoms with Crippen molar-refractivity contribution in [3.05, 3.63) is 44.1 Å². The molecule has 1 aromatic carbocycles. The van der Waals surface area contributed by atoms with Crippen molar-refractivity contribution in [2.75, 3.05) is 6.61 Å². The highest BCUT2D eigenvalue weighted by Crippen LogP contribution is 2.25. The summed E-state index contributed by atoms with van der Waals surface area (Å²) in [6.07, 6.45) is -4.76. The van der Waals surface area contributed by atoms with Gasteiger partial charge in [0.15, 0.2) is 17.3 Å². The molecule has 32 heavy (non-hydrogen) atoms. The molecule has 3 atom stereocenters. The zero-order valence-electron chi connectivity index (χ0n) is 18.1. The number of aromatic nitrogens is 4. The van der Waals surface area contributed by atoms with Gasteiger partial charge >= 0.3 is 5.69 Å². The number of nitrogens with zero attached hydrogens (tertiary/aromatic N) is 4. The third-order valence-corrected chi connectivity index (χ3v) is 5.71. The molecule has 0 spiro atoms. The minimum Gasteiger partial charge on any atom is -0.394 e. The minimum atomic E-state index is -1.78. The van der Waals surface area contributed by atoms with Crippen LogP contribution in [0.25, 0.3) is 22.6 Å². The third kappa shape index (κ3) is 4.03. The third-order valence-electron chi connectivity index (χ3n) is 5.71. The van der Waals surface area contributed by atoms with Gasteiger partial charge in [-0.2, -0.15) is 4.98 Å². The van der Waals surface area contributed by atoms with Crippen molar-refractivity contribution in [3.8, 4) is 11.5 Å². The first-order chi connectivity index (χ1) is 14.9. The fourth-order valence-corrected chi connectivity index (χ4v) is 3.46. The predicted molar refractivity (Wildman–Crippen MR) is 116 cm³/mol. The van der Waals surface area contributed by atoms with Gasteiger partial charge in [-0.25, -0.2) is 14.3 Å². The fraction of sp³-hybridized carbons (Fsp3) is 0.500. The van der Waals surface area contributed by atoms with Gasteiger partial charge in [0.1, 0.15) is 18.3 Å². The maximum absolute atomic E-state index is 13.2. The van der Waals surface area contributed by atoms with E-state index in [1.54, 1.807) is 19.1 Å². The Morgan fingerprint density at radius 1 is 1.06 bits per heavy atom. The number of hydrogen-bond acceptors (Lipinski definition) is 10. The zero-order valence-corrected chi connectivity index (χ0v) is 18.1. The summed E-state index contributed by atoms with van der Waals surface area (Å²) < 4.78 is 2.01. The molecule has 2 aliphatic heterocycles. The number of hydrogen-bond donors (Lipinski definition) is 6. The van der Waals surface area contributed by atoms with Crippen LogP contribution in [0.1, 0.15) is 24.5 Å². The second kappa shape index (κ2) is 8.65. The lowest BCUT2D eigenvalue weighted by molar-refractivity contribution is -0.0802. The Labute approximate surface area is 182 Å². The molecule has 2 aliphatic rings. The Morgan fingerprint density at radius 2 is 1.69 bits per heavy atom. The molecule has 3 unspecified atom stereocenters. The molecule has 12 nitrogen and oxygen atoms in total. The summed E-state index contributed by atoms with van der Waals surface area (Å²) in [7, 11) is 0. The minimum absolute atomic E-state index is 0.0746. The van der Waals surface area contributed by atoms with E-state index in [1.165, 1.54) is 4.57 Å². The lowest BCUT2D eigenvalue weighted by atomic mass is 10.1. The Hall–Kier alpha value is -2.74. The van der Waals surface area contributed by atoms with E-state index in [1.807, 2.05) is 13.8 Å². The summed E-state index contributed by atoms with van der Waals surface area (Å²) in [5.41, 5.74) is 12.4. The van der Waals surface area contributed by atoms with E-state index in [4.69, 9.17) is 16.6 Å². The van der Waals surface area contributed by atoms with Crippen LogP contribution >= 0.6 is 0 Å². The van der Waals surface area contributed by atoms with Crippen molar-refractivity contribution in [1.29, 1.82) is 0 Å². The van der Waals surface area contributed by atoms with E-state index in [0.29, 0.717) is 15.6 Å². The average molecular weight is 448 g/mol. The number of aliphatic hydroxyl groups excluding tert-OH is 4. The van der Waals surface area contributed by atoms with Crippen LogP contribution in [0.5, 0.6) is 0 Å². The van der Waals surface area contributed by atoms with Gasteiger partial charge in [-0.3, -0.25) is 16.3 Å². The van der Waals surface area contributed by atoms with E-state index >= 15 is 0 Å². The Morgan fingerprint density at radius 3 is 2.28 bits per heavy atom. The summed E-state index contributed by atoms with van der Waals surface area (Å²) in [5, 5.41) is 39.4. The van der Waals surface area contributed by atoms with Crippen LogP contribution in [-0.4, -0.2) is 64.4 Å². The number of rotatable bonds is 7. The van der Waals surface area contributed by atoms with Gasteiger partial charge < -0.3 is 25.0 Å². The first-order valence-electron chi connectivity index (χ1n) is 10.1. The van der Waals surface area contributed by atoms with Crippen LogP contribution in [0, 0.1) is 13.8 Å². The molecule has 0 radical (unpaired) electrons. The molecule has 8 N–H and O–H groups in total. The largest absolute Gasteiger partial charge is 0.394 e. The molecule has 0 bridgehead atoms. The van der Waals surface area contributed by atoms with E-state index in [-0.39, 0.29) is 24.5 Å². The van der Waals surface area contributed by atoms with Gasteiger partial charge in [-0.15, -0.1) is 0 Å². The highest BCUT2D eigenvalue weighted by Gasteiger charge is 2.31.